The molecule has 35 heavy (non-hydrogen) atoms. The predicted molar refractivity (Wildman–Crippen MR) is 148 cm³/mol. The van der Waals surface area contributed by atoms with Crippen molar-refractivity contribution in [2.75, 3.05) is 0 Å². The fourth-order valence-corrected chi connectivity index (χ4v) is 10.2. The van der Waals surface area contributed by atoms with Gasteiger partial charge in [-0.2, -0.15) is 0 Å². The normalized spacial score (nSPS) is 16.5. The van der Waals surface area contributed by atoms with Crippen molar-refractivity contribution in [3.05, 3.63) is 140 Å². The SMILES string of the molecule is c1ccc(P2(c3ccccc3)(c3ccccc3)Oc3c(c4ccccc4c4ccccc34)O2)cc1. The number of hydrogen-bond acceptors (Lipinski definition) is 2. The minimum atomic E-state index is -3.88. The van der Waals surface area contributed by atoms with E-state index in [2.05, 4.69) is 121 Å². The molecule has 0 saturated heterocycles. The summed E-state index contributed by atoms with van der Waals surface area (Å²) in [6.07, 6.45) is 0. The summed E-state index contributed by atoms with van der Waals surface area (Å²) in [5.74, 6) is 1.63. The Balaban J connectivity index is 1.70. The van der Waals surface area contributed by atoms with E-state index in [9.17, 15) is 0 Å². The quantitative estimate of drug-likeness (QED) is 0.202. The van der Waals surface area contributed by atoms with Gasteiger partial charge in [-0.1, -0.05) is 0 Å². The van der Waals surface area contributed by atoms with E-state index in [4.69, 9.17) is 9.05 Å². The van der Waals surface area contributed by atoms with Crippen LogP contribution in [0.1, 0.15) is 0 Å². The number of hydrogen-bond donors (Lipinski definition) is 0. The molecule has 0 aliphatic carbocycles. The van der Waals surface area contributed by atoms with E-state index in [0.717, 1.165) is 49.0 Å². The topological polar surface area (TPSA) is 18.5 Å². The van der Waals surface area contributed by atoms with Crippen molar-refractivity contribution in [2.24, 2.45) is 0 Å². The molecule has 1 heterocycles. The Kier molecular flexibility index (Phi) is 4.30. The van der Waals surface area contributed by atoms with Crippen LogP contribution in [0.3, 0.4) is 0 Å². The van der Waals surface area contributed by atoms with Crippen LogP contribution in [-0.2, 0) is 0 Å². The number of fused-ring (bicyclic) bond motifs is 6. The van der Waals surface area contributed by atoms with Crippen LogP contribution in [0, 0.1) is 0 Å². The van der Waals surface area contributed by atoms with Crippen LogP contribution < -0.4 is 25.0 Å². The van der Waals surface area contributed by atoms with Crippen LogP contribution in [0.2, 0.25) is 0 Å². The van der Waals surface area contributed by atoms with Gasteiger partial charge < -0.3 is 0 Å². The summed E-state index contributed by atoms with van der Waals surface area (Å²) in [7, 11) is -3.88. The molecule has 7 rings (SSSR count). The van der Waals surface area contributed by atoms with Gasteiger partial charge in [0.25, 0.3) is 0 Å². The molecular weight excluding hydrogens is 447 g/mol. The molecular formula is C32H23O2P. The monoisotopic (exact) mass is 470 g/mol. The zero-order chi connectivity index (χ0) is 23.3. The first kappa shape index (κ1) is 20.3. The Hall–Kier alpha value is -4.13. The Morgan fingerprint density at radius 1 is 0.314 bits per heavy atom. The van der Waals surface area contributed by atoms with E-state index in [1.54, 1.807) is 0 Å². The molecule has 2 nitrogen and oxygen atoms in total. The molecule has 1 aliphatic heterocycles. The van der Waals surface area contributed by atoms with Gasteiger partial charge in [0.15, 0.2) is 0 Å². The van der Waals surface area contributed by atoms with Gasteiger partial charge in [-0.05, 0) is 0 Å². The molecule has 168 valence electrons. The Morgan fingerprint density at radius 3 is 0.943 bits per heavy atom. The summed E-state index contributed by atoms with van der Waals surface area (Å²) in [6, 6.07) is 48.4. The second-order valence-corrected chi connectivity index (χ2v) is 12.7. The molecule has 0 fully saturated rings. The number of rotatable bonds is 3. The first-order chi connectivity index (χ1) is 17.3. The van der Waals surface area contributed by atoms with Crippen molar-refractivity contribution in [3.8, 4) is 11.5 Å². The Morgan fingerprint density at radius 2 is 0.600 bits per heavy atom. The van der Waals surface area contributed by atoms with Crippen LogP contribution in [0.5, 0.6) is 11.5 Å². The average molecular weight is 471 g/mol. The van der Waals surface area contributed by atoms with E-state index in [1.807, 2.05) is 18.2 Å². The summed E-state index contributed by atoms with van der Waals surface area (Å²) in [4.78, 5) is 0. The van der Waals surface area contributed by atoms with Gasteiger partial charge in [0.2, 0.25) is 0 Å². The van der Waals surface area contributed by atoms with E-state index < -0.39 is 7.06 Å². The van der Waals surface area contributed by atoms with Crippen molar-refractivity contribution in [1.29, 1.82) is 0 Å². The second-order valence-electron chi connectivity index (χ2n) is 8.90. The molecule has 0 spiro atoms. The molecule has 0 N–H and O–H groups in total. The third kappa shape index (κ3) is 2.63. The van der Waals surface area contributed by atoms with Crippen LogP contribution in [0.25, 0.3) is 21.5 Å². The molecule has 0 radical (unpaired) electrons. The Labute approximate surface area is 204 Å². The van der Waals surface area contributed by atoms with Crippen molar-refractivity contribution >= 4 is 44.5 Å². The Bertz CT molecular complexity index is 1530. The molecule has 0 amide bonds. The molecule has 0 saturated carbocycles. The van der Waals surface area contributed by atoms with Crippen molar-refractivity contribution < 1.29 is 9.05 Å². The zero-order valence-electron chi connectivity index (χ0n) is 19.0. The first-order valence-electron chi connectivity index (χ1n) is 11.8. The third-order valence-electron chi connectivity index (χ3n) is 7.05. The van der Waals surface area contributed by atoms with E-state index in [1.165, 1.54) is 0 Å². The first-order valence-corrected chi connectivity index (χ1v) is 13.9. The molecule has 6 aromatic rings. The van der Waals surface area contributed by atoms with Gasteiger partial charge in [-0.3, -0.25) is 0 Å². The van der Waals surface area contributed by atoms with Crippen molar-refractivity contribution in [1.82, 2.24) is 0 Å². The average Bonchev–Trinajstić information content (AvgIpc) is 3.35. The van der Waals surface area contributed by atoms with Crippen LogP contribution in [0.4, 0.5) is 0 Å². The fourth-order valence-electron chi connectivity index (χ4n) is 5.48. The van der Waals surface area contributed by atoms with E-state index in [0.29, 0.717) is 0 Å². The summed E-state index contributed by atoms with van der Waals surface area (Å²) in [6.45, 7) is 0. The van der Waals surface area contributed by atoms with Crippen molar-refractivity contribution in [3.63, 3.8) is 0 Å². The zero-order valence-corrected chi connectivity index (χ0v) is 19.9. The summed E-state index contributed by atoms with van der Waals surface area (Å²) in [5.41, 5.74) is 0. The van der Waals surface area contributed by atoms with Gasteiger partial charge >= 0.3 is 205 Å². The standard InChI is InChI=1S/C32H23O2P/c1-4-14-24(15-5-1)35(25-16-6-2-7-17-25,26-18-8-3-9-19-26)33-31-29-22-12-10-20-27(29)28-21-11-13-23-30(28)32(31)34-35/h1-23H. The predicted octanol–water partition coefficient (Wildman–Crippen LogP) is 7.12. The van der Waals surface area contributed by atoms with Crippen molar-refractivity contribution in [2.45, 2.75) is 0 Å². The molecule has 0 unspecified atom stereocenters. The fraction of sp³-hybridized carbons (Fsp3) is 0. The van der Waals surface area contributed by atoms with Crippen LogP contribution >= 0.6 is 7.06 Å². The van der Waals surface area contributed by atoms with Crippen LogP contribution in [0.15, 0.2) is 140 Å². The van der Waals surface area contributed by atoms with Crippen LogP contribution in [-0.4, -0.2) is 0 Å². The van der Waals surface area contributed by atoms with Gasteiger partial charge in [-0.15, -0.1) is 0 Å². The van der Waals surface area contributed by atoms with Gasteiger partial charge in [0.1, 0.15) is 0 Å². The molecule has 0 aromatic heterocycles. The second kappa shape index (κ2) is 7.43. The van der Waals surface area contributed by atoms with Gasteiger partial charge in [-0.25, -0.2) is 0 Å². The molecule has 1 aliphatic rings. The van der Waals surface area contributed by atoms with Gasteiger partial charge in [0.05, 0.1) is 0 Å². The minimum absolute atomic E-state index is 0.813. The summed E-state index contributed by atoms with van der Waals surface area (Å²) < 4.78 is 14.9. The molecule has 3 heteroatoms. The molecule has 0 bridgehead atoms. The maximum atomic E-state index is 7.47. The maximum absolute atomic E-state index is 7.47. The summed E-state index contributed by atoms with van der Waals surface area (Å²) in [5, 5.41) is 7.59. The molecule has 0 atom stereocenters. The number of benzene rings is 6. The molecule has 6 aromatic carbocycles. The van der Waals surface area contributed by atoms with Gasteiger partial charge in [0, 0.05) is 0 Å². The van der Waals surface area contributed by atoms with E-state index >= 15 is 0 Å². The third-order valence-corrected chi connectivity index (χ3v) is 11.8. The summed E-state index contributed by atoms with van der Waals surface area (Å²) >= 11 is 0. The van der Waals surface area contributed by atoms with E-state index in [-0.39, 0.29) is 0 Å².